The molecule has 7 nitrogen and oxygen atoms in total. The summed E-state index contributed by atoms with van der Waals surface area (Å²) < 4.78 is 25.4. The number of aryl methyl sites for hydroxylation is 1. The minimum atomic E-state index is -3.63. The van der Waals surface area contributed by atoms with Gasteiger partial charge in [-0.25, -0.2) is 8.42 Å². The molecule has 2 amide bonds. The Bertz CT molecular complexity index is 730. The van der Waals surface area contributed by atoms with Gasteiger partial charge in [0.2, 0.25) is 22.3 Å². The number of sulfonamides is 1. The third-order valence-electron chi connectivity index (χ3n) is 3.92. The van der Waals surface area contributed by atoms with Gasteiger partial charge in [-0.05, 0) is 30.7 Å². The van der Waals surface area contributed by atoms with Crippen LogP contribution in [0.25, 0.3) is 0 Å². The molecule has 1 aromatic carbocycles. The van der Waals surface area contributed by atoms with Gasteiger partial charge in [0.1, 0.15) is 6.54 Å². The van der Waals surface area contributed by atoms with Crippen molar-refractivity contribution in [2.75, 3.05) is 43.3 Å². The van der Waals surface area contributed by atoms with Crippen LogP contribution >= 0.6 is 11.6 Å². The van der Waals surface area contributed by atoms with E-state index in [1.165, 1.54) is 0 Å². The fourth-order valence-electron chi connectivity index (χ4n) is 2.58. The second-order valence-corrected chi connectivity index (χ2v) is 8.07. The Morgan fingerprint density at radius 2 is 1.92 bits per heavy atom. The highest BCUT2D eigenvalue weighted by atomic mass is 35.5. The van der Waals surface area contributed by atoms with Crippen molar-refractivity contribution in [1.29, 1.82) is 0 Å². The number of carbonyl (C=O) groups is 2. The summed E-state index contributed by atoms with van der Waals surface area (Å²) in [6.45, 7) is 3.17. The average Bonchev–Trinajstić information content (AvgIpc) is 2.52. The second kappa shape index (κ2) is 7.40. The lowest BCUT2D eigenvalue weighted by Gasteiger charge is -2.34. The van der Waals surface area contributed by atoms with Gasteiger partial charge in [0, 0.05) is 31.2 Å². The van der Waals surface area contributed by atoms with Gasteiger partial charge >= 0.3 is 0 Å². The molecule has 132 valence electrons. The highest BCUT2D eigenvalue weighted by Gasteiger charge is 2.27. The molecular formula is C15H20ClN3O4S. The van der Waals surface area contributed by atoms with Gasteiger partial charge in [-0.3, -0.25) is 13.9 Å². The molecule has 9 heteroatoms. The van der Waals surface area contributed by atoms with Crippen LogP contribution in [0, 0.1) is 6.92 Å². The van der Waals surface area contributed by atoms with Gasteiger partial charge in [0.15, 0.2) is 0 Å². The van der Waals surface area contributed by atoms with E-state index in [2.05, 4.69) is 0 Å². The number of amides is 2. The molecule has 1 aromatic rings. The third kappa shape index (κ3) is 4.39. The van der Waals surface area contributed by atoms with E-state index in [0.717, 1.165) is 17.0 Å². The summed E-state index contributed by atoms with van der Waals surface area (Å²) in [7, 11) is -3.63. The van der Waals surface area contributed by atoms with E-state index in [-0.39, 0.29) is 12.5 Å². The minimum Gasteiger partial charge on any atom is -0.342 e. The number of halogens is 1. The first kappa shape index (κ1) is 18.5. The molecule has 0 spiro atoms. The number of nitrogens with zero attached hydrogens (tertiary/aromatic N) is 3. The molecule has 0 saturated carbocycles. The molecule has 0 unspecified atom stereocenters. The molecule has 1 heterocycles. The zero-order chi connectivity index (χ0) is 17.9. The Hall–Kier alpha value is -1.80. The molecule has 0 aromatic heterocycles. The van der Waals surface area contributed by atoms with Crippen molar-refractivity contribution in [3.8, 4) is 0 Å². The summed E-state index contributed by atoms with van der Waals surface area (Å²) >= 11 is 5.91. The first-order valence-corrected chi connectivity index (χ1v) is 9.66. The molecule has 1 aliphatic heterocycles. The molecule has 0 N–H and O–H groups in total. The number of piperazine rings is 1. The van der Waals surface area contributed by atoms with E-state index in [9.17, 15) is 18.0 Å². The summed E-state index contributed by atoms with van der Waals surface area (Å²) in [5.74, 6) is -0.291. The Morgan fingerprint density at radius 1 is 1.29 bits per heavy atom. The van der Waals surface area contributed by atoms with E-state index in [1.807, 2.05) is 0 Å². The maximum atomic E-state index is 12.5. The monoisotopic (exact) mass is 373 g/mol. The maximum Gasteiger partial charge on any atom is 0.243 e. The number of hydrogen-bond donors (Lipinski definition) is 0. The fraction of sp³-hybridized carbons (Fsp3) is 0.467. The highest BCUT2D eigenvalue weighted by Crippen LogP contribution is 2.25. The summed E-state index contributed by atoms with van der Waals surface area (Å²) in [4.78, 5) is 26.4. The predicted molar refractivity (Wildman–Crippen MR) is 92.6 cm³/mol. The highest BCUT2D eigenvalue weighted by molar-refractivity contribution is 7.92. The van der Waals surface area contributed by atoms with E-state index < -0.39 is 10.0 Å². The van der Waals surface area contributed by atoms with Gasteiger partial charge in [0.25, 0.3) is 0 Å². The SMILES string of the molecule is Cc1cc(Cl)ccc1N(CC(=O)N1CCN(C=O)CC1)S(C)(=O)=O. The zero-order valence-corrected chi connectivity index (χ0v) is 15.2. The number of benzene rings is 1. The van der Waals surface area contributed by atoms with Gasteiger partial charge < -0.3 is 9.80 Å². The van der Waals surface area contributed by atoms with Crippen LogP contribution < -0.4 is 4.31 Å². The largest absolute Gasteiger partial charge is 0.342 e. The normalized spacial score (nSPS) is 15.3. The Balaban J connectivity index is 2.18. The number of carbonyl (C=O) groups excluding carboxylic acids is 2. The quantitative estimate of drug-likeness (QED) is 0.712. The van der Waals surface area contributed by atoms with Crippen molar-refractivity contribution in [2.24, 2.45) is 0 Å². The number of hydrogen-bond acceptors (Lipinski definition) is 4. The Kier molecular flexibility index (Phi) is 5.71. The fourth-order valence-corrected chi connectivity index (χ4v) is 3.71. The summed E-state index contributed by atoms with van der Waals surface area (Å²) in [6, 6.07) is 4.84. The molecule has 1 fully saturated rings. The number of anilines is 1. The molecule has 24 heavy (non-hydrogen) atoms. The first-order chi connectivity index (χ1) is 11.2. The smallest absolute Gasteiger partial charge is 0.243 e. The van der Waals surface area contributed by atoms with Crippen molar-refractivity contribution >= 4 is 39.6 Å². The third-order valence-corrected chi connectivity index (χ3v) is 5.28. The molecule has 2 rings (SSSR count). The zero-order valence-electron chi connectivity index (χ0n) is 13.6. The Labute approximate surface area is 146 Å². The maximum absolute atomic E-state index is 12.5. The van der Waals surface area contributed by atoms with E-state index in [4.69, 9.17) is 11.6 Å². The molecule has 0 atom stereocenters. The van der Waals surface area contributed by atoms with Crippen molar-refractivity contribution in [3.63, 3.8) is 0 Å². The van der Waals surface area contributed by atoms with E-state index >= 15 is 0 Å². The molecule has 1 aliphatic rings. The lowest BCUT2D eigenvalue weighted by atomic mass is 10.2. The van der Waals surface area contributed by atoms with Crippen molar-refractivity contribution in [1.82, 2.24) is 9.80 Å². The van der Waals surface area contributed by atoms with E-state index in [1.54, 1.807) is 34.9 Å². The molecule has 0 aliphatic carbocycles. The lowest BCUT2D eigenvalue weighted by Crippen LogP contribution is -2.51. The Morgan fingerprint density at radius 3 is 2.42 bits per heavy atom. The molecule has 0 radical (unpaired) electrons. The first-order valence-electron chi connectivity index (χ1n) is 7.43. The van der Waals surface area contributed by atoms with Crippen LogP contribution in [0.3, 0.4) is 0 Å². The molecule has 1 saturated heterocycles. The second-order valence-electron chi connectivity index (χ2n) is 5.72. The summed E-state index contributed by atoms with van der Waals surface area (Å²) in [6.07, 6.45) is 1.82. The predicted octanol–water partition coefficient (Wildman–Crippen LogP) is 0.715. The topological polar surface area (TPSA) is 78.0 Å². The van der Waals surface area contributed by atoms with Crippen LogP contribution in [-0.4, -0.2) is 69.5 Å². The van der Waals surface area contributed by atoms with Gasteiger partial charge in [-0.2, -0.15) is 0 Å². The van der Waals surface area contributed by atoms with Crippen LogP contribution in [0.5, 0.6) is 0 Å². The lowest BCUT2D eigenvalue weighted by molar-refractivity contribution is -0.133. The van der Waals surface area contributed by atoms with Crippen LogP contribution in [0.2, 0.25) is 5.02 Å². The van der Waals surface area contributed by atoms with Crippen molar-refractivity contribution in [3.05, 3.63) is 28.8 Å². The van der Waals surface area contributed by atoms with Crippen LogP contribution in [0.1, 0.15) is 5.56 Å². The van der Waals surface area contributed by atoms with Crippen LogP contribution in [-0.2, 0) is 19.6 Å². The van der Waals surface area contributed by atoms with Crippen LogP contribution in [0.4, 0.5) is 5.69 Å². The van der Waals surface area contributed by atoms with Gasteiger partial charge in [-0.15, -0.1) is 0 Å². The van der Waals surface area contributed by atoms with Gasteiger partial charge in [0.05, 0.1) is 11.9 Å². The minimum absolute atomic E-state index is 0.275. The van der Waals surface area contributed by atoms with E-state index in [0.29, 0.717) is 42.5 Å². The number of rotatable bonds is 5. The van der Waals surface area contributed by atoms with Crippen molar-refractivity contribution < 1.29 is 18.0 Å². The summed E-state index contributed by atoms with van der Waals surface area (Å²) in [5.41, 5.74) is 1.10. The average molecular weight is 374 g/mol. The molecular weight excluding hydrogens is 354 g/mol. The summed E-state index contributed by atoms with van der Waals surface area (Å²) in [5, 5.41) is 0.501. The standard InChI is InChI=1S/C15H20ClN3O4S/c1-12-9-13(16)3-4-14(12)19(24(2,22)23)10-15(21)18-7-5-17(11-20)6-8-18/h3-4,9,11H,5-8,10H2,1-2H3. The van der Waals surface area contributed by atoms with Crippen molar-refractivity contribution in [2.45, 2.75) is 6.92 Å². The molecule has 0 bridgehead atoms. The van der Waals surface area contributed by atoms with Crippen LogP contribution in [0.15, 0.2) is 18.2 Å². The van der Waals surface area contributed by atoms with Gasteiger partial charge in [-0.1, -0.05) is 11.6 Å².